The van der Waals surface area contributed by atoms with Crippen molar-refractivity contribution < 1.29 is 14.3 Å². The number of rotatable bonds is 5. The molecule has 0 saturated carbocycles. The first-order valence-corrected chi connectivity index (χ1v) is 9.38. The average molecular weight is 401 g/mol. The van der Waals surface area contributed by atoms with Gasteiger partial charge in [-0.3, -0.25) is 10.1 Å². The number of nitrogens with one attached hydrogen (secondary N) is 1. The van der Waals surface area contributed by atoms with Crippen LogP contribution in [0.5, 0.6) is 0 Å². The summed E-state index contributed by atoms with van der Waals surface area (Å²) >= 11 is 7.19. The molecule has 0 atom stereocenters. The molecule has 0 aliphatic rings. The van der Waals surface area contributed by atoms with Crippen LogP contribution in [0, 0.1) is 13.8 Å². The van der Waals surface area contributed by atoms with E-state index >= 15 is 0 Å². The maximum atomic E-state index is 12.0. The number of thiazole rings is 1. The van der Waals surface area contributed by atoms with E-state index in [2.05, 4.69) is 10.3 Å². The van der Waals surface area contributed by atoms with Gasteiger partial charge in [0.25, 0.3) is 5.91 Å². The minimum absolute atomic E-state index is 0.377. The number of hydrogen-bond donors (Lipinski definition) is 1. The van der Waals surface area contributed by atoms with Crippen LogP contribution >= 0.6 is 22.9 Å². The molecule has 0 unspecified atom stereocenters. The van der Waals surface area contributed by atoms with Crippen molar-refractivity contribution in [3.63, 3.8) is 0 Å². The van der Waals surface area contributed by atoms with E-state index in [1.165, 1.54) is 17.4 Å². The maximum absolute atomic E-state index is 12.0. The average Bonchev–Trinajstić information content (AvgIpc) is 3.02. The van der Waals surface area contributed by atoms with Crippen molar-refractivity contribution in [3.8, 4) is 0 Å². The number of fused-ring (bicyclic) bond motifs is 1. The van der Waals surface area contributed by atoms with E-state index in [1.807, 2.05) is 26.0 Å². The molecule has 0 bridgehead atoms. The van der Waals surface area contributed by atoms with Gasteiger partial charge in [0.15, 0.2) is 11.7 Å². The van der Waals surface area contributed by atoms with Crippen LogP contribution in [0.4, 0.5) is 5.13 Å². The highest BCUT2D eigenvalue weighted by molar-refractivity contribution is 7.22. The van der Waals surface area contributed by atoms with Crippen LogP contribution in [0.15, 0.2) is 42.5 Å². The van der Waals surface area contributed by atoms with Crippen LogP contribution in [0.3, 0.4) is 0 Å². The fourth-order valence-electron chi connectivity index (χ4n) is 2.50. The van der Waals surface area contributed by atoms with Crippen molar-refractivity contribution in [2.45, 2.75) is 13.8 Å². The molecule has 1 N–H and O–H groups in total. The van der Waals surface area contributed by atoms with E-state index in [0.717, 1.165) is 26.9 Å². The van der Waals surface area contributed by atoms with Gasteiger partial charge in [-0.2, -0.15) is 0 Å². The molecule has 2 aromatic carbocycles. The molecule has 1 aromatic heterocycles. The van der Waals surface area contributed by atoms with Crippen LogP contribution < -0.4 is 5.32 Å². The van der Waals surface area contributed by atoms with Crippen LogP contribution in [-0.4, -0.2) is 23.5 Å². The second kappa shape index (κ2) is 8.33. The largest absolute Gasteiger partial charge is 0.452 e. The van der Waals surface area contributed by atoms with Crippen molar-refractivity contribution in [2.75, 3.05) is 11.9 Å². The summed E-state index contributed by atoms with van der Waals surface area (Å²) in [5.41, 5.74) is 3.87. The zero-order chi connectivity index (χ0) is 19.4. The van der Waals surface area contributed by atoms with Crippen molar-refractivity contribution in [1.82, 2.24) is 4.98 Å². The normalized spacial score (nSPS) is 11.1. The van der Waals surface area contributed by atoms with Gasteiger partial charge in [0.1, 0.15) is 0 Å². The second-order valence-electron chi connectivity index (χ2n) is 5.99. The molecular weight excluding hydrogens is 384 g/mol. The fourth-order valence-corrected chi connectivity index (χ4v) is 3.69. The Bertz CT molecular complexity index is 1030. The lowest BCUT2D eigenvalue weighted by Gasteiger charge is -2.02. The summed E-state index contributed by atoms with van der Waals surface area (Å²) in [6.45, 7) is 3.62. The number of ether oxygens (including phenoxy) is 1. The van der Waals surface area contributed by atoms with E-state index < -0.39 is 11.9 Å². The van der Waals surface area contributed by atoms with Crippen molar-refractivity contribution in [2.24, 2.45) is 0 Å². The third kappa shape index (κ3) is 5.15. The summed E-state index contributed by atoms with van der Waals surface area (Å²) in [7, 11) is 0. The Hall–Kier alpha value is -2.70. The number of aromatic nitrogens is 1. The molecule has 3 rings (SSSR count). The molecular formula is C20H17ClN2O3S. The summed E-state index contributed by atoms with van der Waals surface area (Å²) in [5, 5.41) is 3.77. The van der Waals surface area contributed by atoms with Crippen LogP contribution in [0.25, 0.3) is 16.3 Å². The van der Waals surface area contributed by atoms with Gasteiger partial charge in [0.2, 0.25) is 0 Å². The number of aryl methyl sites for hydroxylation is 2. The fraction of sp³-hybridized carbons (Fsp3) is 0.150. The van der Waals surface area contributed by atoms with Gasteiger partial charge in [0.05, 0.1) is 10.2 Å². The van der Waals surface area contributed by atoms with Gasteiger partial charge in [-0.1, -0.05) is 41.1 Å². The first kappa shape index (κ1) is 19.1. The first-order chi connectivity index (χ1) is 12.9. The molecule has 0 radical (unpaired) electrons. The number of anilines is 1. The Morgan fingerprint density at radius 2 is 1.96 bits per heavy atom. The molecule has 3 aromatic rings. The summed E-state index contributed by atoms with van der Waals surface area (Å²) < 4.78 is 5.96. The Labute approximate surface area is 165 Å². The number of amides is 1. The molecule has 1 amide bonds. The Balaban J connectivity index is 1.54. The molecule has 0 fully saturated rings. The molecule has 0 spiro atoms. The molecule has 138 valence electrons. The maximum Gasteiger partial charge on any atom is 0.331 e. The number of benzene rings is 2. The number of hydrogen-bond acceptors (Lipinski definition) is 5. The van der Waals surface area contributed by atoms with E-state index in [0.29, 0.717) is 10.2 Å². The second-order valence-corrected chi connectivity index (χ2v) is 7.46. The summed E-state index contributed by atoms with van der Waals surface area (Å²) in [6.07, 6.45) is 2.86. The molecule has 1 heterocycles. The predicted molar refractivity (Wildman–Crippen MR) is 109 cm³/mol. The lowest BCUT2D eigenvalue weighted by molar-refractivity contribution is -0.142. The van der Waals surface area contributed by atoms with Crippen LogP contribution in [0.2, 0.25) is 5.02 Å². The highest BCUT2D eigenvalue weighted by Crippen LogP contribution is 2.29. The Morgan fingerprint density at radius 1 is 1.22 bits per heavy atom. The Morgan fingerprint density at radius 3 is 2.70 bits per heavy atom. The van der Waals surface area contributed by atoms with Crippen molar-refractivity contribution >= 4 is 56.2 Å². The summed E-state index contributed by atoms with van der Waals surface area (Å²) in [6, 6.07) is 11.1. The quantitative estimate of drug-likeness (QED) is 0.495. The van der Waals surface area contributed by atoms with Gasteiger partial charge >= 0.3 is 5.97 Å². The van der Waals surface area contributed by atoms with Gasteiger partial charge in [0, 0.05) is 11.1 Å². The standard InChI is InChI=1S/C20H17ClN2O3S/c1-12-9-13(2)19-16(10-12)27-20(23-19)22-17(24)11-26-18(25)8-5-14-3-6-15(21)7-4-14/h3-10H,11H2,1-2H3,(H,22,23,24)/b8-5+. The van der Waals surface area contributed by atoms with Gasteiger partial charge in [-0.25, -0.2) is 9.78 Å². The lowest BCUT2D eigenvalue weighted by Crippen LogP contribution is -2.20. The minimum atomic E-state index is -0.601. The molecule has 0 saturated heterocycles. The van der Waals surface area contributed by atoms with Gasteiger partial charge in [-0.05, 0) is 54.8 Å². The van der Waals surface area contributed by atoms with Crippen LogP contribution in [0.1, 0.15) is 16.7 Å². The van der Waals surface area contributed by atoms with Crippen molar-refractivity contribution in [1.29, 1.82) is 0 Å². The van der Waals surface area contributed by atoms with E-state index in [4.69, 9.17) is 16.3 Å². The third-order valence-electron chi connectivity index (χ3n) is 3.70. The number of carbonyl (C=O) groups is 2. The molecule has 7 heteroatoms. The van der Waals surface area contributed by atoms with Crippen molar-refractivity contribution in [3.05, 3.63) is 64.2 Å². The lowest BCUT2D eigenvalue weighted by atomic mass is 10.1. The molecule has 5 nitrogen and oxygen atoms in total. The molecule has 0 aliphatic carbocycles. The topological polar surface area (TPSA) is 68.3 Å². The van der Waals surface area contributed by atoms with Gasteiger partial charge in [-0.15, -0.1) is 0 Å². The molecule has 27 heavy (non-hydrogen) atoms. The van der Waals surface area contributed by atoms with Crippen LogP contribution in [-0.2, 0) is 14.3 Å². The van der Waals surface area contributed by atoms with Gasteiger partial charge < -0.3 is 4.74 Å². The zero-order valence-electron chi connectivity index (χ0n) is 14.8. The summed E-state index contributed by atoms with van der Waals surface area (Å²) in [5.74, 6) is -1.03. The van der Waals surface area contributed by atoms with E-state index in [1.54, 1.807) is 30.3 Å². The smallest absolute Gasteiger partial charge is 0.331 e. The van der Waals surface area contributed by atoms with E-state index in [-0.39, 0.29) is 6.61 Å². The monoisotopic (exact) mass is 400 g/mol. The Kier molecular flexibility index (Phi) is 5.88. The predicted octanol–water partition coefficient (Wildman–Crippen LogP) is 4.76. The number of nitrogens with zero attached hydrogens (tertiary/aromatic N) is 1. The first-order valence-electron chi connectivity index (χ1n) is 8.19. The zero-order valence-corrected chi connectivity index (χ0v) is 16.4. The van der Waals surface area contributed by atoms with E-state index in [9.17, 15) is 9.59 Å². The highest BCUT2D eigenvalue weighted by Gasteiger charge is 2.11. The summed E-state index contributed by atoms with van der Waals surface area (Å²) in [4.78, 5) is 28.2. The molecule has 0 aliphatic heterocycles. The SMILES string of the molecule is Cc1cc(C)c2nc(NC(=O)COC(=O)/C=C/c3ccc(Cl)cc3)sc2c1. The highest BCUT2D eigenvalue weighted by atomic mass is 35.5. The minimum Gasteiger partial charge on any atom is -0.452 e. The number of halogens is 1. The number of esters is 1. The third-order valence-corrected chi connectivity index (χ3v) is 4.87. The number of carbonyl (C=O) groups excluding carboxylic acids is 2.